The Morgan fingerprint density at radius 1 is 1.55 bits per heavy atom. The molecule has 1 aliphatic heterocycles. The third kappa shape index (κ3) is 3.80. The van der Waals surface area contributed by atoms with E-state index in [1.54, 1.807) is 4.31 Å². The molecule has 7 heteroatoms. The van der Waals surface area contributed by atoms with E-state index in [9.17, 15) is 8.42 Å². The minimum Gasteiger partial charge on any atom is -0.316 e. The van der Waals surface area contributed by atoms with Crippen LogP contribution in [0, 0.1) is 11.8 Å². The lowest BCUT2D eigenvalue weighted by atomic mass is 9.99. The average molecular weight is 300 g/mol. The molecule has 1 fully saturated rings. The van der Waals surface area contributed by atoms with Crippen LogP contribution in [0.4, 0.5) is 0 Å². The zero-order valence-electron chi connectivity index (χ0n) is 12.2. The van der Waals surface area contributed by atoms with Gasteiger partial charge in [0.2, 0.25) is 0 Å². The molecule has 1 aromatic rings. The maximum atomic E-state index is 12.4. The van der Waals surface area contributed by atoms with Gasteiger partial charge < -0.3 is 5.32 Å². The summed E-state index contributed by atoms with van der Waals surface area (Å²) in [5, 5.41) is 9.89. The molecule has 1 aliphatic rings. The molecule has 0 aromatic carbocycles. The van der Waals surface area contributed by atoms with Crippen LogP contribution >= 0.6 is 0 Å². The van der Waals surface area contributed by atoms with Crippen molar-refractivity contribution < 1.29 is 8.42 Å². The second kappa shape index (κ2) is 6.69. The average Bonchev–Trinajstić information content (AvgIpc) is 2.93. The summed E-state index contributed by atoms with van der Waals surface area (Å²) in [4.78, 5) is 0. The molecule has 2 heterocycles. The van der Waals surface area contributed by atoms with Crippen molar-refractivity contribution in [3.8, 4) is 0 Å². The van der Waals surface area contributed by atoms with Crippen LogP contribution in [0.5, 0.6) is 0 Å². The van der Waals surface area contributed by atoms with Crippen molar-refractivity contribution in [3.05, 3.63) is 12.3 Å². The van der Waals surface area contributed by atoms with Crippen molar-refractivity contribution in [1.82, 2.24) is 19.8 Å². The Morgan fingerprint density at radius 2 is 2.35 bits per heavy atom. The molecule has 114 valence electrons. The summed E-state index contributed by atoms with van der Waals surface area (Å²) in [5.41, 5.74) is 0. The van der Waals surface area contributed by atoms with Gasteiger partial charge in [-0.25, -0.2) is 8.42 Å². The SMILES string of the molecule is CC(C)CNCC1CCCN(S(=O)(=O)c2ccn[nH]2)C1. The van der Waals surface area contributed by atoms with Gasteiger partial charge in [0.25, 0.3) is 10.0 Å². The Bertz CT molecular complexity index is 498. The minimum absolute atomic E-state index is 0.188. The minimum atomic E-state index is -3.41. The highest BCUT2D eigenvalue weighted by Gasteiger charge is 2.30. The lowest BCUT2D eigenvalue weighted by Crippen LogP contribution is -2.43. The Kier molecular flexibility index (Phi) is 5.17. The fourth-order valence-corrected chi connectivity index (χ4v) is 3.97. The number of nitrogens with zero attached hydrogens (tertiary/aromatic N) is 2. The van der Waals surface area contributed by atoms with Crippen molar-refractivity contribution in [3.63, 3.8) is 0 Å². The van der Waals surface area contributed by atoms with Crippen LogP contribution in [0.2, 0.25) is 0 Å². The third-order valence-corrected chi connectivity index (χ3v) is 5.35. The second-order valence-corrected chi connectivity index (χ2v) is 7.75. The summed E-state index contributed by atoms with van der Waals surface area (Å²) in [5.74, 6) is 1.00. The Hall–Kier alpha value is -0.920. The molecule has 20 heavy (non-hydrogen) atoms. The van der Waals surface area contributed by atoms with Gasteiger partial charge in [-0.05, 0) is 43.8 Å². The number of nitrogens with one attached hydrogen (secondary N) is 2. The van der Waals surface area contributed by atoms with E-state index in [1.165, 1.54) is 12.3 Å². The predicted molar refractivity (Wildman–Crippen MR) is 77.8 cm³/mol. The van der Waals surface area contributed by atoms with Crippen LogP contribution in [0.25, 0.3) is 0 Å². The number of aromatic amines is 1. The fourth-order valence-electron chi connectivity index (χ4n) is 2.51. The van der Waals surface area contributed by atoms with Crippen molar-refractivity contribution in [2.75, 3.05) is 26.2 Å². The summed E-state index contributed by atoms with van der Waals surface area (Å²) in [6, 6.07) is 1.51. The first-order valence-corrected chi connectivity index (χ1v) is 8.64. The maximum absolute atomic E-state index is 12.4. The summed E-state index contributed by atoms with van der Waals surface area (Å²) >= 11 is 0. The first-order chi connectivity index (χ1) is 9.50. The van der Waals surface area contributed by atoms with Crippen molar-refractivity contribution >= 4 is 10.0 Å². The van der Waals surface area contributed by atoms with E-state index < -0.39 is 10.0 Å². The third-order valence-electron chi connectivity index (χ3n) is 3.56. The predicted octanol–water partition coefficient (Wildman–Crippen LogP) is 1.06. The molecular weight excluding hydrogens is 276 g/mol. The zero-order chi connectivity index (χ0) is 14.6. The molecule has 2 rings (SSSR count). The number of aromatic nitrogens is 2. The van der Waals surface area contributed by atoms with Crippen LogP contribution in [-0.2, 0) is 10.0 Å². The Labute approximate surface area is 121 Å². The number of sulfonamides is 1. The molecular formula is C13H24N4O2S. The van der Waals surface area contributed by atoms with Gasteiger partial charge in [-0.3, -0.25) is 5.10 Å². The lowest BCUT2D eigenvalue weighted by molar-refractivity contribution is 0.258. The van der Waals surface area contributed by atoms with Gasteiger partial charge in [0, 0.05) is 13.1 Å². The lowest BCUT2D eigenvalue weighted by Gasteiger charge is -2.31. The van der Waals surface area contributed by atoms with Crippen LogP contribution in [-0.4, -0.2) is 49.1 Å². The highest BCUT2D eigenvalue weighted by atomic mass is 32.2. The number of hydrogen-bond acceptors (Lipinski definition) is 4. The molecule has 1 saturated heterocycles. The first-order valence-electron chi connectivity index (χ1n) is 7.20. The van der Waals surface area contributed by atoms with E-state index in [0.717, 1.165) is 25.9 Å². The molecule has 0 aliphatic carbocycles. The molecule has 6 nitrogen and oxygen atoms in total. The van der Waals surface area contributed by atoms with E-state index in [0.29, 0.717) is 24.9 Å². The summed E-state index contributed by atoms with van der Waals surface area (Å²) < 4.78 is 26.4. The van der Waals surface area contributed by atoms with Crippen molar-refractivity contribution in [2.24, 2.45) is 11.8 Å². The Balaban J connectivity index is 1.93. The normalized spacial score (nSPS) is 21.4. The molecule has 0 saturated carbocycles. The topological polar surface area (TPSA) is 78.1 Å². The Morgan fingerprint density at radius 3 is 3.00 bits per heavy atom. The molecule has 0 bridgehead atoms. The van der Waals surface area contributed by atoms with Crippen LogP contribution in [0.1, 0.15) is 26.7 Å². The zero-order valence-corrected chi connectivity index (χ0v) is 13.0. The summed E-state index contributed by atoms with van der Waals surface area (Å²) in [6.07, 6.45) is 3.47. The maximum Gasteiger partial charge on any atom is 0.259 e. The van der Waals surface area contributed by atoms with Gasteiger partial charge in [0.1, 0.15) is 0 Å². The van der Waals surface area contributed by atoms with Crippen LogP contribution in [0.3, 0.4) is 0 Å². The second-order valence-electron chi connectivity index (χ2n) is 5.84. The van der Waals surface area contributed by atoms with Crippen molar-refractivity contribution in [2.45, 2.75) is 31.7 Å². The molecule has 1 atom stereocenters. The fraction of sp³-hybridized carbons (Fsp3) is 0.769. The van der Waals surface area contributed by atoms with Crippen LogP contribution in [0.15, 0.2) is 17.3 Å². The monoisotopic (exact) mass is 300 g/mol. The van der Waals surface area contributed by atoms with E-state index in [1.807, 2.05) is 0 Å². The molecule has 2 N–H and O–H groups in total. The molecule has 0 spiro atoms. The summed E-state index contributed by atoms with van der Waals surface area (Å²) in [6.45, 7) is 7.39. The first kappa shape index (κ1) is 15.5. The summed E-state index contributed by atoms with van der Waals surface area (Å²) in [7, 11) is -3.41. The largest absolute Gasteiger partial charge is 0.316 e. The quantitative estimate of drug-likeness (QED) is 0.823. The van der Waals surface area contributed by atoms with Gasteiger partial charge in [-0.2, -0.15) is 9.40 Å². The van der Waals surface area contributed by atoms with Crippen molar-refractivity contribution in [1.29, 1.82) is 0 Å². The molecule has 1 aromatic heterocycles. The van der Waals surface area contributed by atoms with E-state index in [-0.39, 0.29) is 5.03 Å². The highest BCUT2D eigenvalue weighted by Crippen LogP contribution is 2.22. The van der Waals surface area contributed by atoms with Crippen LogP contribution < -0.4 is 5.32 Å². The van der Waals surface area contributed by atoms with Gasteiger partial charge >= 0.3 is 0 Å². The highest BCUT2D eigenvalue weighted by molar-refractivity contribution is 7.89. The molecule has 1 unspecified atom stereocenters. The number of piperidine rings is 1. The van der Waals surface area contributed by atoms with Gasteiger partial charge in [-0.15, -0.1) is 0 Å². The smallest absolute Gasteiger partial charge is 0.259 e. The van der Waals surface area contributed by atoms with E-state index in [4.69, 9.17) is 0 Å². The van der Waals surface area contributed by atoms with Gasteiger partial charge in [0.05, 0.1) is 6.20 Å². The van der Waals surface area contributed by atoms with E-state index >= 15 is 0 Å². The molecule has 0 radical (unpaired) electrons. The van der Waals surface area contributed by atoms with Gasteiger partial charge in [0.15, 0.2) is 5.03 Å². The number of rotatable bonds is 6. The number of hydrogen-bond donors (Lipinski definition) is 2. The van der Waals surface area contributed by atoms with Gasteiger partial charge in [-0.1, -0.05) is 13.8 Å². The standard InChI is InChI=1S/C13H24N4O2S/c1-11(2)8-14-9-12-4-3-7-17(10-12)20(18,19)13-5-6-15-16-13/h5-6,11-12,14H,3-4,7-10H2,1-2H3,(H,15,16). The number of H-pyrrole nitrogens is 1. The van der Waals surface area contributed by atoms with E-state index in [2.05, 4.69) is 29.4 Å². The molecule has 0 amide bonds.